The third-order valence-electron chi connectivity index (χ3n) is 1.00. The predicted molar refractivity (Wildman–Crippen MR) is 32.9 cm³/mol. The normalized spacial score (nSPS) is 11.9. The van der Waals surface area contributed by atoms with Crippen LogP contribution in [0.1, 0.15) is 27.2 Å². The fourth-order valence-electron chi connectivity index (χ4n) is 0.348. The van der Waals surface area contributed by atoms with Gasteiger partial charge >= 0.3 is 0 Å². The van der Waals surface area contributed by atoms with E-state index in [0.717, 1.165) is 0 Å². The highest BCUT2D eigenvalue weighted by molar-refractivity contribution is 4.98. The Bertz CT molecular complexity index is 81.9. The van der Waals surface area contributed by atoms with E-state index in [1.165, 1.54) is 6.42 Å². The number of hydrogen-bond acceptors (Lipinski definition) is 0. The van der Waals surface area contributed by atoms with Gasteiger partial charge in [0, 0.05) is 5.92 Å². The first kappa shape index (κ1) is 6.56. The van der Waals surface area contributed by atoms with Gasteiger partial charge in [0.05, 0.1) is 0 Å². The zero-order valence-electron chi connectivity index (χ0n) is 5.28. The first-order valence-electron chi connectivity index (χ1n) is 2.73. The summed E-state index contributed by atoms with van der Waals surface area (Å²) in [5.74, 6) is 6.50. The van der Waals surface area contributed by atoms with E-state index in [2.05, 4.69) is 25.7 Å². The SMILES string of the molecule is CC#C[C@@H](C)CC. The summed E-state index contributed by atoms with van der Waals surface area (Å²) in [6.07, 6.45) is 1.17. The highest BCUT2D eigenvalue weighted by Crippen LogP contribution is 1.95. The van der Waals surface area contributed by atoms with Crippen LogP contribution in [0.3, 0.4) is 0 Å². The number of rotatable bonds is 1. The Labute approximate surface area is 45.9 Å². The Morgan fingerprint density at radius 1 is 1.57 bits per heavy atom. The second-order valence-corrected chi connectivity index (χ2v) is 1.70. The van der Waals surface area contributed by atoms with Gasteiger partial charge in [0.15, 0.2) is 0 Å². The lowest BCUT2D eigenvalue weighted by molar-refractivity contribution is 0.723. The molecule has 0 unspecified atom stereocenters. The van der Waals surface area contributed by atoms with E-state index in [4.69, 9.17) is 0 Å². The molecule has 1 atom stereocenters. The lowest BCUT2D eigenvalue weighted by Gasteiger charge is -1.91. The van der Waals surface area contributed by atoms with Gasteiger partial charge in [-0.1, -0.05) is 13.8 Å². The molecule has 0 aliphatic heterocycles. The van der Waals surface area contributed by atoms with Gasteiger partial charge in [0.25, 0.3) is 0 Å². The second-order valence-electron chi connectivity index (χ2n) is 1.70. The Kier molecular flexibility index (Phi) is 3.50. The van der Waals surface area contributed by atoms with Crippen LogP contribution >= 0.6 is 0 Å². The van der Waals surface area contributed by atoms with Gasteiger partial charge in [0.1, 0.15) is 0 Å². The van der Waals surface area contributed by atoms with Gasteiger partial charge in [-0.3, -0.25) is 0 Å². The van der Waals surface area contributed by atoms with Crippen molar-refractivity contribution < 1.29 is 0 Å². The van der Waals surface area contributed by atoms with E-state index in [9.17, 15) is 0 Å². The van der Waals surface area contributed by atoms with Gasteiger partial charge in [-0.2, -0.15) is 0 Å². The fourth-order valence-corrected chi connectivity index (χ4v) is 0.348. The van der Waals surface area contributed by atoms with Crippen molar-refractivity contribution in [3.05, 3.63) is 0 Å². The molecule has 0 saturated carbocycles. The molecule has 0 aromatic carbocycles. The van der Waals surface area contributed by atoms with Crippen LogP contribution in [0.2, 0.25) is 0 Å². The molecular formula is C7H12. The molecule has 0 nitrogen and oxygen atoms in total. The molecule has 0 heteroatoms. The first-order chi connectivity index (χ1) is 3.31. The van der Waals surface area contributed by atoms with Gasteiger partial charge in [-0.15, -0.1) is 11.8 Å². The maximum Gasteiger partial charge on any atom is 0.0171 e. The largest absolute Gasteiger partial charge is 0.106 e. The number of hydrogen-bond donors (Lipinski definition) is 0. The van der Waals surface area contributed by atoms with E-state index in [-0.39, 0.29) is 0 Å². The minimum Gasteiger partial charge on any atom is -0.106 e. The third-order valence-corrected chi connectivity index (χ3v) is 1.00. The van der Waals surface area contributed by atoms with Crippen molar-refractivity contribution in [3.63, 3.8) is 0 Å². The van der Waals surface area contributed by atoms with Crippen molar-refractivity contribution in [1.82, 2.24) is 0 Å². The standard InChI is InChI=1S/C7H12/c1-4-6-7(3)5-2/h7H,5H2,1-3H3/t7-/m0/s1. The van der Waals surface area contributed by atoms with Crippen LogP contribution in [-0.4, -0.2) is 0 Å². The summed E-state index contributed by atoms with van der Waals surface area (Å²) in [6.45, 7) is 6.16. The van der Waals surface area contributed by atoms with Crippen LogP contribution in [0, 0.1) is 17.8 Å². The Balaban J connectivity index is 3.29. The Morgan fingerprint density at radius 3 is 2.29 bits per heavy atom. The summed E-state index contributed by atoms with van der Waals surface area (Å²) in [5, 5.41) is 0. The molecule has 0 saturated heterocycles. The molecule has 0 heterocycles. The van der Waals surface area contributed by atoms with Gasteiger partial charge < -0.3 is 0 Å². The van der Waals surface area contributed by atoms with Crippen molar-refractivity contribution in [2.75, 3.05) is 0 Å². The molecule has 0 aliphatic rings. The van der Waals surface area contributed by atoms with Crippen molar-refractivity contribution in [1.29, 1.82) is 0 Å². The molecule has 0 spiro atoms. The molecule has 0 amide bonds. The predicted octanol–water partition coefficient (Wildman–Crippen LogP) is 2.06. The van der Waals surface area contributed by atoms with Crippen molar-refractivity contribution in [3.8, 4) is 11.8 Å². The molecule has 0 N–H and O–H groups in total. The topological polar surface area (TPSA) is 0 Å². The second kappa shape index (κ2) is 3.74. The fraction of sp³-hybridized carbons (Fsp3) is 0.714. The molecule has 0 radical (unpaired) electrons. The Morgan fingerprint density at radius 2 is 2.14 bits per heavy atom. The van der Waals surface area contributed by atoms with Crippen LogP contribution in [0.15, 0.2) is 0 Å². The third kappa shape index (κ3) is 3.39. The van der Waals surface area contributed by atoms with Gasteiger partial charge in [-0.05, 0) is 13.3 Å². The molecule has 0 aromatic rings. The van der Waals surface area contributed by atoms with Crippen molar-refractivity contribution in [2.45, 2.75) is 27.2 Å². The minimum atomic E-state index is 0.588. The van der Waals surface area contributed by atoms with E-state index in [0.29, 0.717) is 5.92 Å². The van der Waals surface area contributed by atoms with E-state index < -0.39 is 0 Å². The van der Waals surface area contributed by atoms with Gasteiger partial charge in [0.2, 0.25) is 0 Å². The summed E-state index contributed by atoms with van der Waals surface area (Å²) in [7, 11) is 0. The summed E-state index contributed by atoms with van der Waals surface area (Å²) >= 11 is 0. The maximum absolute atomic E-state index is 3.05. The first-order valence-corrected chi connectivity index (χ1v) is 2.73. The van der Waals surface area contributed by atoms with Crippen molar-refractivity contribution in [2.24, 2.45) is 5.92 Å². The molecule has 0 aliphatic carbocycles. The van der Waals surface area contributed by atoms with E-state index in [1.54, 1.807) is 0 Å². The highest BCUT2D eigenvalue weighted by Gasteiger charge is 1.86. The summed E-state index contributed by atoms with van der Waals surface area (Å²) in [5.41, 5.74) is 0. The molecule has 0 fully saturated rings. The van der Waals surface area contributed by atoms with Gasteiger partial charge in [-0.25, -0.2) is 0 Å². The zero-order valence-corrected chi connectivity index (χ0v) is 5.28. The Hall–Kier alpha value is -0.440. The van der Waals surface area contributed by atoms with Crippen LogP contribution in [0.5, 0.6) is 0 Å². The average Bonchev–Trinajstić information content (AvgIpc) is 1.68. The summed E-state index contributed by atoms with van der Waals surface area (Å²) in [6, 6.07) is 0. The quantitative estimate of drug-likeness (QED) is 0.438. The van der Waals surface area contributed by atoms with E-state index >= 15 is 0 Å². The summed E-state index contributed by atoms with van der Waals surface area (Å²) < 4.78 is 0. The molecule has 0 rings (SSSR count). The zero-order chi connectivity index (χ0) is 5.70. The highest BCUT2D eigenvalue weighted by atomic mass is 13.9. The lowest BCUT2D eigenvalue weighted by Crippen LogP contribution is -1.83. The molecule has 0 bridgehead atoms. The minimum absolute atomic E-state index is 0.588. The molecular weight excluding hydrogens is 84.1 g/mol. The maximum atomic E-state index is 3.05. The van der Waals surface area contributed by atoms with Crippen LogP contribution < -0.4 is 0 Å². The van der Waals surface area contributed by atoms with E-state index in [1.807, 2.05) is 6.92 Å². The smallest absolute Gasteiger partial charge is 0.0171 e. The van der Waals surface area contributed by atoms with Crippen molar-refractivity contribution >= 4 is 0 Å². The molecule has 40 valence electrons. The lowest BCUT2D eigenvalue weighted by atomic mass is 10.1. The summed E-state index contributed by atoms with van der Waals surface area (Å²) in [4.78, 5) is 0. The van der Waals surface area contributed by atoms with Crippen LogP contribution in [0.25, 0.3) is 0 Å². The average molecular weight is 96.2 g/mol. The molecule has 0 aromatic heterocycles. The monoisotopic (exact) mass is 96.1 g/mol. The molecule has 7 heavy (non-hydrogen) atoms. The van der Waals surface area contributed by atoms with Crippen LogP contribution in [-0.2, 0) is 0 Å². The van der Waals surface area contributed by atoms with Crippen LogP contribution in [0.4, 0.5) is 0 Å².